The molecule has 0 aromatic heterocycles. The van der Waals surface area contributed by atoms with Crippen molar-refractivity contribution in [3.63, 3.8) is 0 Å². The number of carbonyl (C=O) groups excluding carboxylic acids is 1. The van der Waals surface area contributed by atoms with Gasteiger partial charge < -0.3 is 10.6 Å². The van der Waals surface area contributed by atoms with E-state index >= 15 is 0 Å². The molecular weight excluding hydrogens is 334 g/mol. The zero-order chi connectivity index (χ0) is 18.9. The van der Waals surface area contributed by atoms with Gasteiger partial charge in [-0.1, -0.05) is 63.1 Å². The Hall–Kier alpha value is -1.55. The molecule has 3 rings (SSSR count). The number of hydrogen-bond donors (Lipinski definition) is 2. The average Bonchev–Trinajstić information content (AvgIpc) is 2.96. The lowest BCUT2D eigenvalue weighted by atomic mass is 9.94. The highest BCUT2D eigenvalue weighted by Crippen LogP contribution is 2.25. The van der Waals surface area contributed by atoms with Crippen LogP contribution in [-0.4, -0.2) is 36.5 Å². The van der Waals surface area contributed by atoms with E-state index in [4.69, 9.17) is 0 Å². The molecule has 2 N–H and O–H groups in total. The molecule has 0 unspecified atom stereocenters. The standard InChI is InChI=1S/C23H37N3O/c1-26(21-14-7-4-8-15-21)18-19-11-9-10-16-22(19)24-17-23(27)25-20-12-5-2-3-6-13-20/h9-11,16,20-21,24H,2-8,12-15,17-18H2,1H3,(H,25,27). The second-order valence-electron chi connectivity index (χ2n) is 8.47. The van der Waals surface area contributed by atoms with Gasteiger partial charge in [-0.15, -0.1) is 0 Å². The molecule has 0 aliphatic heterocycles. The van der Waals surface area contributed by atoms with Crippen molar-refractivity contribution < 1.29 is 4.79 Å². The first-order valence-corrected chi connectivity index (χ1v) is 11.0. The number of carbonyl (C=O) groups is 1. The highest BCUT2D eigenvalue weighted by molar-refractivity contribution is 5.81. The minimum Gasteiger partial charge on any atom is -0.376 e. The monoisotopic (exact) mass is 371 g/mol. The lowest BCUT2D eigenvalue weighted by Gasteiger charge is -2.31. The third-order valence-electron chi connectivity index (χ3n) is 6.29. The van der Waals surface area contributed by atoms with Gasteiger partial charge in [0.25, 0.3) is 0 Å². The van der Waals surface area contributed by atoms with Crippen LogP contribution in [0.3, 0.4) is 0 Å². The molecule has 2 saturated carbocycles. The molecule has 0 atom stereocenters. The molecule has 2 fully saturated rings. The first-order chi connectivity index (χ1) is 13.2. The Bertz CT molecular complexity index is 575. The molecule has 2 aliphatic rings. The maximum absolute atomic E-state index is 12.4. The van der Waals surface area contributed by atoms with Crippen LogP contribution in [0.15, 0.2) is 24.3 Å². The Morgan fingerprint density at radius 3 is 2.33 bits per heavy atom. The van der Waals surface area contributed by atoms with E-state index in [1.54, 1.807) is 0 Å². The highest BCUT2D eigenvalue weighted by Gasteiger charge is 2.19. The largest absolute Gasteiger partial charge is 0.376 e. The van der Waals surface area contributed by atoms with Crippen LogP contribution in [0, 0.1) is 0 Å². The lowest BCUT2D eigenvalue weighted by Crippen LogP contribution is -2.38. The van der Waals surface area contributed by atoms with Crippen LogP contribution in [-0.2, 0) is 11.3 Å². The third kappa shape index (κ3) is 6.53. The van der Waals surface area contributed by atoms with Crippen LogP contribution in [0.4, 0.5) is 5.69 Å². The topological polar surface area (TPSA) is 44.4 Å². The van der Waals surface area contributed by atoms with Crippen LogP contribution in [0.2, 0.25) is 0 Å². The Morgan fingerprint density at radius 2 is 1.59 bits per heavy atom. The Kier molecular flexibility index (Phi) is 8.00. The Balaban J connectivity index is 1.50. The molecular formula is C23H37N3O. The molecule has 27 heavy (non-hydrogen) atoms. The summed E-state index contributed by atoms with van der Waals surface area (Å²) in [5.41, 5.74) is 2.38. The summed E-state index contributed by atoms with van der Waals surface area (Å²) in [6, 6.07) is 9.50. The predicted octanol–water partition coefficient (Wildman–Crippen LogP) is 4.70. The normalized spacial score (nSPS) is 19.6. The molecule has 4 nitrogen and oxygen atoms in total. The van der Waals surface area contributed by atoms with Crippen molar-refractivity contribution in [3.8, 4) is 0 Å². The summed E-state index contributed by atoms with van der Waals surface area (Å²) in [7, 11) is 2.24. The van der Waals surface area contributed by atoms with Crippen molar-refractivity contribution >= 4 is 11.6 Å². The summed E-state index contributed by atoms with van der Waals surface area (Å²) in [5, 5.41) is 6.62. The van der Waals surface area contributed by atoms with Crippen molar-refractivity contribution in [1.29, 1.82) is 0 Å². The van der Waals surface area contributed by atoms with Gasteiger partial charge in [0.05, 0.1) is 6.54 Å². The number of nitrogens with one attached hydrogen (secondary N) is 2. The second kappa shape index (κ2) is 10.7. The van der Waals surface area contributed by atoms with Crippen molar-refractivity contribution in [3.05, 3.63) is 29.8 Å². The fourth-order valence-electron chi connectivity index (χ4n) is 4.63. The molecule has 4 heteroatoms. The molecule has 0 spiro atoms. The molecule has 1 amide bonds. The molecule has 150 valence electrons. The van der Waals surface area contributed by atoms with Crippen LogP contribution >= 0.6 is 0 Å². The first kappa shape index (κ1) is 20.2. The van der Waals surface area contributed by atoms with Gasteiger partial charge in [-0.25, -0.2) is 0 Å². The summed E-state index contributed by atoms with van der Waals surface area (Å²) in [4.78, 5) is 14.9. The number of benzene rings is 1. The van der Waals surface area contributed by atoms with Gasteiger partial charge in [0, 0.05) is 24.3 Å². The summed E-state index contributed by atoms with van der Waals surface area (Å²) in [6.45, 7) is 1.30. The quantitative estimate of drug-likeness (QED) is 0.683. The van der Waals surface area contributed by atoms with E-state index in [2.05, 4.69) is 46.8 Å². The van der Waals surface area contributed by atoms with Gasteiger partial charge in [0.2, 0.25) is 5.91 Å². The SMILES string of the molecule is CN(Cc1ccccc1NCC(=O)NC1CCCCCC1)C1CCCCC1. The molecule has 0 bridgehead atoms. The molecule has 2 aliphatic carbocycles. The van der Waals surface area contributed by atoms with E-state index in [0.717, 1.165) is 25.1 Å². The molecule has 0 saturated heterocycles. The third-order valence-corrected chi connectivity index (χ3v) is 6.29. The van der Waals surface area contributed by atoms with Crippen molar-refractivity contribution in [2.24, 2.45) is 0 Å². The van der Waals surface area contributed by atoms with E-state index in [1.807, 2.05) is 0 Å². The Labute approximate surface area is 165 Å². The van der Waals surface area contributed by atoms with Gasteiger partial charge in [-0.3, -0.25) is 9.69 Å². The van der Waals surface area contributed by atoms with Crippen LogP contribution in [0.5, 0.6) is 0 Å². The van der Waals surface area contributed by atoms with Crippen molar-refractivity contribution in [2.75, 3.05) is 18.9 Å². The highest BCUT2D eigenvalue weighted by atomic mass is 16.1. The zero-order valence-electron chi connectivity index (χ0n) is 17.0. The first-order valence-electron chi connectivity index (χ1n) is 11.0. The van der Waals surface area contributed by atoms with E-state index in [1.165, 1.54) is 63.4 Å². The van der Waals surface area contributed by atoms with Gasteiger partial charge in [0.15, 0.2) is 0 Å². The average molecular weight is 372 g/mol. The van der Waals surface area contributed by atoms with Crippen molar-refractivity contribution in [2.45, 2.75) is 89.3 Å². The number of hydrogen-bond acceptors (Lipinski definition) is 3. The number of amides is 1. The summed E-state index contributed by atoms with van der Waals surface area (Å²) < 4.78 is 0. The summed E-state index contributed by atoms with van der Waals surface area (Å²) in [5.74, 6) is 0.123. The van der Waals surface area contributed by atoms with Crippen LogP contribution in [0.25, 0.3) is 0 Å². The molecule has 1 aromatic rings. The fourth-order valence-corrected chi connectivity index (χ4v) is 4.63. The number of rotatable bonds is 7. The minimum atomic E-state index is 0.123. The molecule has 0 radical (unpaired) electrons. The number of para-hydroxylation sites is 1. The maximum Gasteiger partial charge on any atom is 0.239 e. The lowest BCUT2D eigenvalue weighted by molar-refractivity contribution is -0.120. The predicted molar refractivity (Wildman–Crippen MR) is 113 cm³/mol. The molecule has 1 aromatic carbocycles. The minimum absolute atomic E-state index is 0.123. The Morgan fingerprint density at radius 1 is 0.963 bits per heavy atom. The second-order valence-corrected chi connectivity index (χ2v) is 8.47. The van der Waals surface area contributed by atoms with Gasteiger partial charge in [0.1, 0.15) is 0 Å². The van der Waals surface area contributed by atoms with E-state index < -0.39 is 0 Å². The van der Waals surface area contributed by atoms with E-state index in [-0.39, 0.29) is 5.91 Å². The molecule has 0 heterocycles. The summed E-state index contributed by atoms with van der Waals surface area (Å²) >= 11 is 0. The van der Waals surface area contributed by atoms with E-state index in [9.17, 15) is 4.79 Å². The fraction of sp³-hybridized carbons (Fsp3) is 0.696. The smallest absolute Gasteiger partial charge is 0.239 e. The summed E-state index contributed by atoms with van der Waals surface area (Å²) in [6.07, 6.45) is 14.1. The van der Waals surface area contributed by atoms with Gasteiger partial charge >= 0.3 is 0 Å². The van der Waals surface area contributed by atoms with Gasteiger partial charge in [-0.05, 0) is 44.4 Å². The maximum atomic E-state index is 12.4. The van der Waals surface area contributed by atoms with Gasteiger partial charge in [-0.2, -0.15) is 0 Å². The van der Waals surface area contributed by atoms with E-state index in [0.29, 0.717) is 18.6 Å². The van der Waals surface area contributed by atoms with Crippen LogP contribution in [0.1, 0.15) is 76.2 Å². The van der Waals surface area contributed by atoms with Crippen LogP contribution < -0.4 is 10.6 Å². The zero-order valence-corrected chi connectivity index (χ0v) is 17.0. The number of nitrogens with zero attached hydrogens (tertiary/aromatic N) is 1. The number of anilines is 1. The van der Waals surface area contributed by atoms with Crippen molar-refractivity contribution in [1.82, 2.24) is 10.2 Å².